The summed E-state index contributed by atoms with van der Waals surface area (Å²) >= 11 is 1.07. The Morgan fingerprint density at radius 3 is 2.50 bits per heavy atom. The lowest BCUT2D eigenvalue weighted by molar-refractivity contribution is -0.120. The number of H-pyrrole nitrogens is 1. The van der Waals surface area contributed by atoms with E-state index in [-0.39, 0.29) is 34.7 Å². The molecule has 1 heterocycles. The molecular formula is C24H26N4O5S. The molecule has 178 valence electrons. The van der Waals surface area contributed by atoms with Gasteiger partial charge in [0.05, 0.1) is 32.1 Å². The number of rotatable bonds is 11. The minimum atomic E-state index is -0.384. The second kappa shape index (κ2) is 12.4. The van der Waals surface area contributed by atoms with E-state index in [1.54, 1.807) is 18.2 Å². The van der Waals surface area contributed by atoms with Crippen LogP contribution in [0, 0.1) is 0 Å². The van der Waals surface area contributed by atoms with E-state index in [9.17, 15) is 14.4 Å². The van der Waals surface area contributed by atoms with Crippen molar-refractivity contribution in [3.8, 4) is 11.5 Å². The van der Waals surface area contributed by atoms with Gasteiger partial charge in [-0.1, -0.05) is 42.1 Å². The molecule has 0 bridgehead atoms. The fourth-order valence-electron chi connectivity index (χ4n) is 3.11. The smallest absolute Gasteiger partial charge is 0.251 e. The number of nitrogens with zero attached hydrogens (tertiary/aromatic N) is 1. The Labute approximate surface area is 201 Å². The second-order valence-corrected chi connectivity index (χ2v) is 8.17. The quantitative estimate of drug-likeness (QED) is 0.283. The van der Waals surface area contributed by atoms with Gasteiger partial charge >= 0.3 is 0 Å². The van der Waals surface area contributed by atoms with E-state index in [2.05, 4.69) is 20.6 Å². The summed E-state index contributed by atoms with van der Waals surface area (Å²) in [6, 6.07) is 16.1. The third-order valence-electron chi connectivity index (χ3n) is 4.70. The first-order valence-electron chi connectivity index (χ1n) is 10.5. The highest BCUT2D eigenvalue weighted by molar-refractivity contribution is 7.99. The molecule has 0 saturated carbocycles. The van der Waals surface area contributed by atoms with Crippen LogP contribution in [-0.4, -0.2) is 48.3 Å². The van der Waals surface area contributed by atoms with Crippen molar-refractivity contribution < 1.29 is 19.1 Å². The number of carbonyl (C=O) groups excluding carboxylic acids is 2. The fraction of sp³-hybridized carbons (Fsp3) is 0.250. The molecule has 3 rings (SSSR count). The molecule has 0 radical (unpaired) electrons. The molecule has 10 heteroatoms. The summed E-state index contributed by atoms with van der Waals surface area (Å²) < 4.78 is 10.4. The number of aromatic nitrogens is 2. The topological polar surface area (TPSA) is 122 Å². The maximum absolute atomic E-state index is 12.3. The van der Waals surface area contributed by atoms with Crippen molar-refractivity contribution in [1.82, 2.24) is 15.3 Å². The molecule has 9 nitrogen and oxygen atoms in total. The van der Waals surface area contributed by atoms with Crippen LogP contribution in [0.25, 0.3) is 0 Å². The third kappa shape index (κ3) is 7.66. The zero-order valence-electron chi connectivity index (χ0n) is 18.9. The Morgan fingerprint density at radius 1 is 1.00 bits per heavy atom. The maximum Gasteiger partial charge on any atom is 0.251 e. The average molecular weight is 483 g/mol. The molecule has 2 aromatic carbocycles. The van der Waals surface area contributed by atoms with Crippen LogP contribution in [0.1, 0.15) is 11.3 Å². The lowest BCUT2D eigenvalue weighted by atomic mass is 10.1. The minimum absolute atomic E-state index is 0.0179. The summed E-state index contributed by atoms with van der Waals surface area (Å²) in [4.78, 5) is 43.5. The van der Waals surface area contributed by atoms with Crippen molar-refractivity contribution in [1.29, 1.82) is 0 Å². The number of anilines is 1. The number of methoxy groups -OCH3 is 2. The fourth-order valence-corrected chi connectivity index (χ4v) is 3.80. The molecule has 0 fully saturated rings. The summed E-state index contributed by atoms with van der Waals surface area (Å²) in [5.41, 5.74) is 1.63. The van der Waals surface area contributed by atoms with E-state index in [1.807, 2.05) is 30.3 Å². The van der Waals surface area contributed by atoms with Gasteiger partial charge in [-0.3, -0.25) is 14.4 Å². The predicted molar refractivity (Wildman–Crippen MR) is 131 cm³/mol. The number of hydrogen-bond acceptors (Lipinski definition) is 7. The number of ether oxygens (including phenoxy) is 2. The number of hydrogen-bond donors (Lipinski definition) is 3. The van der Waals surface area contributed by atoms with Crippen LogP contribution in [0.2, 0.25) is 0 Å². The molecule has 0 aliphatic carbocycles. The molecule has 0 aliphatic rings. The van der Waals surface area contributed by atoms with Crippen molar-refractivity contribution in [3.05, 3.63) is 76.2 Å². The number of amides is 2. The number of benzene rings is 2. The van der Waals surface area contributed by atoms with Crippen LogP contribution in [0.3, 0.4) is 0 Å². The van der Waals surface area contributed by atoms with E-state index in [4.69, 9.17) is 9.47 Å². The molecule has 0 atom stereocenters. The van der Waals surface area contributed by atoms with Crippen LogP contribution in [0.4, 0.5) is 5.69 Å². The lowest BCUT2D eigenvalue weighted by Gasteiger charge is -2.10. The molecule has 34 heavy (non-hydrogen) atoms. The summed E-state index contributed by atoms with van der Waals surface area (Å²) in [7, 11) is 3.04. The summed E-state index contributed by atoms with van der Waals surface area (Å²) in [5.74, 6) is 0.552. The van der Waals surface area contributed by atoms with Crippen molar-refractivity contribution >= 4 is 29.3 Å². The zero-order chi connectivity index (χ0) is 24.3. The molecular weight excluding hydrogens is 456 g/mol. The molecule has 1 aromatic heterocycles. The first-order chi connectivity index (χ1) is 16.5. The van der Waals surface area contributed by atoms with Gasteiger partial charge in [-0.15, -0.1) is 0 Å². The minimum Gasteiger partial charge on any atom is -0.493 e. The van der Waals surface area contributed by atoms with E-state index in [0.29, 0.717) is 35.8 Å². The largest absolute Gasteiger partial charge is 0.493 e. The molecule has 0 unspecified atom stereocenters. The zero-order valence-corrected chi connectivity index (χ0v) is 19.7. The van der Waals surface area contributed by atoms with Crippen molar-refractivity contribution in [3.63, 3.8) is 0 Å². The first kappa shape index (κ1) is 24.8. The van der Waals surface area contributed by atoms with E-state index < -0.39 is 0 Å². The van der Waals surface area contributed by atoms with Gasteiger partial charge in [0.2, 0.25) is 11.8 Å². The Hall–Kier alpha value is -3.79. The van der Waals surface area contributed by atoms with Crippen LogP contribution >= 0.6 is 11.8 Å². The summed E-state index contributed by atoms with van der Waals surface area (Å²) in [5, 5.41) is 5.86. The van der Waals surface area contributed by atoms with E-state index >= 15 is 0 Å². The lowest BCUT2D eigenvalue weighted by Crippen LogP contribution is -2.28. The highest BCUT2D eigenvalue weighted by atomic mass is 32.2. The van der Waals surface area contributed by atoms with Crippen LogP contribution in [0.15, 0.2) is 64.5 Å². The van der Waals surface area contributed by atoms with Crippen LogP contribution < -0.4 is 25.7 Å². The normalized spacial score (nSPS) is 10.4. The van der Waals surface area contributed by atoms with Crippen molar-refractivity contribution in [2.45, 2.75) is 18.0 Å². The highest BCUT2D eigenvalue weighted by Crippen LogP contribution is 2.29. The number of carbonyl (C=O) groups is 2. The number of nitrogens with one attached hydrogen (secondary N) is 3. The van der Waals surface area contributed by atoms with E-state index in [1.165, 1.54) is 20.3 Å². The van der Waals surface area contributed by atoms with Gasteiger partial charge in [0.15, 0.2) is 16.7 Å². The molecule has 0 spiro atoms. The Morgan fingerprint density at radius 2 is 1.76 bits per heavy atom. The van der Waals surface area contributed by atoms with Gasteiger partial charge in [0.25, 0.3) is 5.56 Å². The van der Waals surface area contributed by atoms with Gasteiger partial charge in [0, 0.05) is 24.4 Å². The SMILES string of the molecule is COc1ccc(NC(=O)CSc2nc(CC(=O)NCCc3ccccc3)cc(=O)[nH]2)cc1OC. The molecule has 3 N–H and O–H groups in total. The standard InChI is InChI=1S/C24H26N4O5S/c1-32-19-9-8-17(12-20(19)33-2)26-23(31)15-34-24-27-18(14-22(30)28-24)13-21(29)25-11-10-16-6-4-3-5-7-16/h3-9,12,14H,10-11,13,15H2,1-2H3,(H,25,29)(H,26,31)(H,27,28,30). The van der Waals surface area contributed by atoms with Crippen LogP contribution in [0.5, 0.6) is 11.5 Å². The summed E-state index contributed by atoms with van der Waals surface area (Å²) in [6.45, 7) is 0.490. The number of thioether (sulfide) groups is 1. The highest BCUT2D eigenvalue weighted by Gasteiger charge is 2.11. The first-order valence-corrected chi connectivity index (χ1v) is 11.5. The van der Waals surface area contributed by atoms with Gasteiger partial charge < -0.3 is 25.1 Å². The van der Waals surface area contributed by atoms with E-state index in [0.717, 1.165) is 17.3 Å². The monoisotopic (exact) mass is 482 g/mol. The third-order valence-corrected chi connectivity index (χ3v) is 5.57. The molecule has 3 aromatic rings. The Bertz CT molecular complexity index is 1180. The van der Waals surface area contributed by atoms with Crippen LogP contribution in [-0.2, 0) is 22.4 Å². The molecule has 0 aliphatic heterocycles. The molecule has 0 saturated heterocycles. The Kier molecular flexibility index (Phi) is 9.10. The Balaban J connectivity index is 1.50. The maximum atomic E-state index is 12.3. The summed E-state index contributed by atoms with van der Waals surface area (Å²) in [6.07, 6.45) is 0.690. The second-order valence-electron chi connectivity index (χ2n) is 7.21. The average Bonchev–Trinajstić information content (AvgIpc) is 2.83. The van der Waals surface area contributed by atoms with Gasteiger partial charge in [-0.2, -0.15) is 0 Å². The van der Waals surface area contributed by atoms with Gasteiger partial charge in [0.1, 0.15) is 0 Å². The molecule has 2 amide bonds. The van der Waals surface area contributed by atoms with Crippen molar-refractivity contribution in [2.24, 2.45) is 0 Å². The van der Waals surface area contributed by atoms with Crippen molar-refractivity contribution in [2.75, 3.05) is 31.8 Å². The predicted octanol–water partition coefficient (Wildman–Crippen LogP) is 2.42. The van der Waals surface area contributed by atoms with Gasteiger partial charge in [-0.05, 0) is 24.1 Å². The number of aromatic amines is 1. The van der Waals surface area contributed by atoms with Gasteiger partial charge in [-0.25, -0.2) is 4.98 Å².